The highest BCUT2D eigenvalue weighted by atomic mass is 32.2. The molecule has 0 aromatic carbocycles. The molecular weight excluding hydrogens is 310 g/mol. The van der Waals surface area contributed by atoms with Crippen LogP contribution in [0.2, 0.25) is 0 Å². The van der Waals surface area contributed by atoms with Crippen LogP contribution in [0.25, 0.3) is 0 Å². The third kappa shape index (κ3) is 3.25. The van der Waals surface area contributed by atoms with Gasteiger partial charge in [0, 0.05) is 29.2 Å². The van der Waals surface area contributed by atoms with Crippen molar-refractivity contribution in [2.24, 2.45) is 0 Å². The molecule has 1 aliphatic rings. The topological polar surface area (TPSA) is 99.8 Å². The third-order valence-corrected chi connectivity index (χ3v) is 5.59. The van der Waals surface area contributed by atoms with Crippen LogP contribution in [0.3, 0.4) is 0 Å². The lowest BCUT2D eigenvalue weighted by Gasteiger charge is -2.07. The Morgan fingerprint density at radius 3 is 2.81 bits per heavy atom. The summed E-state index contributed by atoms with van der Waals surface area (Å²) >= 11 is 1.26. The van der Waals surface area contributed by atoms with E-state index in [2.05, 4.69) is 25.2 Å². The van der Waals surface area contributed by atoms with Crippen LogP contribution in [0, 0.1) is 13.8 Å². The Morgan fingerprint density at radius 1 is 1.43 bits per heavy atom. The summed E-state index contributed by atoms with van der Waals surface area (Å²) in [4.78, 5) is 4.12. The molecule has 2 aromatic heterocycles. The number of nitrogens with zero attached hydrogens (tertiary/aromatic N) is 2. The van der Waals surface area contributed by atoms with Crippen LogP contribution in [0.4, 0.5) is 5.13 Å². The molecular formula is C12H17N5O2S2. The molecule has 9 heteroatoms. The minimum Gasteiger partial charge on any atom is -0.310 e. The minimum atomic E-state index is -3.72. The van der Waals surface area contributed by atoms with E-state index in [1.807, 2.05) is 13.8 Å². The Bertz CT molecular complexity index is 746. The average molecular weight is 327 g/mol. The van der Waals surface area contributed by atoms with E-state index in [1.165, 1.54) is 11.3 Å². The molecule has 0 spiro atoms. The molecule has 1 fully saturated rings. The number of aromatic amines is 1. The van der Waals surface area contributed by atoms with Gasteiger partial charge in [0.25, 0.3) is 10.0 Å². The van der Waals surface area contributed by atoms with Gasteiger partial charge in [0.2, 0.25) is 5.03 Å². The van der Waals surface area contributed by atoms with E-state index in [9.17, 15) is 8.42 Å². The van der Waals surface area contributed by atoms with Crippen molar-refractivity contribution in [3.05, 3.63) is 22.3 Å². The van der Waals surface area contributed by atoms with Gasteiger partial charge in [-0.3, -0.25) is 9.82 Å². The van der Waals surface area contributed by atoms with Crippen molar-refractivity contribution in [1.29, 1.82) is 0 Å². The summed E-state index contributed by atoms with van der Waals surface area (Å²) in [7, 11) is -3.72. The fourth-order valence-corrected chi connectivity index (χ4v) is 4.10. The summed E-state index contributed by atoms with van der Waals surface area (Å²) in [5, 5.41) is 12.2. The molecule has 0 atom stereocenters. The number of hydrogen-bond acceptors (Lipinski definition) is 6. The SMILES string of the molecule is Cc1csc(NS(=O)(=O)c2n[nH]c(C)c2CNC2CC2)n1. The van der Waals surface area contributed by atoms with Crippen molar-refractivity contribution >= 4 is 26.5 Å². The number of hydrogen-bond donors (Lipinski definition) is 3. The van der Waals surface area contributed by atoms with Crippen LogP contribution in [0.5, 0.6) is 0 Å². The lowest BCUT2D eigenvalue weighted by atomic mass is 10.2. The van der Waals surface area contributed by atoms with E-state index in [0.29, 0.717) is 23.3 Å². The van der Waals surface area contributed by atoms with Crippen LogP contribution in [-0.2, 0) is 16.6 Å². The van der Waals surface area contributed by atoms with Crippen LogP contribution in [0.15, 0.2) is 10.4 Å². The van der Waals surface area contributed by atoms with Gasteiger partial charge in [-0.05, 0) is 26.7 Å². The van der Waals surface area contributed by atoms with Gasteiger partial charge in [-0.25, -0.2) is 4.98 Å². The Morgan fingerprint density at radius 2 is 2.19 bits per heavy atom. The Kier molecular flexibility index (Phi) is 3.72. The molecule has 0 saturated heterocycles. The van der Waals surface area contributed by atoms with Crippen molar-refractivity contribution in [3.63, 3.8) is 0 Å². The fourth-order valence-electron chi connectivity index (χ4n) is 1.96. The molecule has 1 aliphatic carbocycles. The second-order valence-electron chi connectivity index (χ2n) is 5.19. The molecule has 3 rings (SSSR count). The lowest BCUT2D eigenvalue weighted by molar-refractivity contribution is 0.593. The Hall–Kier alpha value is -1.45. The molecule has 0 amide bonds. The van der Waals surface area contributed by atoms with Crippen LogP contribution >= 0.6 is 11.3 Å². The number of aryl methyl sites for hydroxylation is 2. The van der Waals surface area contributed by atoms with Gasteiger partial charge in [-0.2, -0.15) is 13.5 Å². The lowest BCUT2D eigenvalue weighted by Crippen LogP contribution is -2.20. The predicted octanol–water partition coefficient (Wildman–Crippen LogP) is 1.54. The van der Waals surface area contributed by atoms with Crippen LogP contribution in [0.1, 0.15) is 29.8 Å². The average Bonchev–Trinajstić information content (AvgIpc) is 3.04. The Labute approximate surface area is 127 Å². The zero-order chi connectivity index (χ0) is 15.0. The second kappa shape index (κ2) is 5.39. The van der Waals surface area contributed by atoms with Crippen LogP contribution in [-0.4, -0.2) is 29.6 Å². The van der Waals surface area contributed by atoms with Gasteiger partial charge in [0.1, 0.15) is 0 Å². The molecule has 0 aliphatic heterocycles. The number of anilines is 1. The Balaban J connectivity index is 1.83. The summed E-state index contributed by atoms with van der Waals surface area (Å²) in [6.07, 6.45) is 2.30. The van der Waals surface area contributed by atoms with Crippen molar-refractivity contribution in [3.8, 4) is 0 Å². The first-order valence-electron chi connectivity index (χ1n) is 6.68. The molecule has 7 nitrogen and oxygen atoms in total. The van der Waals surface area contributed by atoms with Gasteiger partial charge in [0.15, 0.2) is 5.13 Å². The number of aromatic nitrogens is 3. The van der Waals surface area contributed by atoms with E-state index in [-0.39, 0.29) is 5.03 Å². The van der Waals surface area contributed by atoms with Crippen molar-refractivity contribution in [2.45, 2.75) is 44.3 Å². The van der Waals surface area contributed by atoms with E-state index in [4.69, 9.17) is 0 Å². The van der Waals surface area contributed by atoms with Gasteiger partial charge in [-0.1, -0.05) is 0 Å². The smallest absolute Gasteiger partial charge is 0.283 e. The number of thiazole rings is 1. The fraction of sp³-hybridized carbons (Fsp3) is 0.500. The van der Waals surface area contributed by atoms with Crippen LogP contribution < -0.4 is 10.0 Å². The standard InChI is InChI=1S/C12H17N5O2S2/c1-7-6-20-12(14-7)17-21(18,19)11-10(8(2)15-16-11)5-13-9-3-4-9/h6,9,13H,3-5H2,1-2H3,(H,14,17)(H,15,16). The molecule has 0 unspecified atom stereocenters. The normalized spacial score (nSPS) is 15.3. The van der Waals surface area contributed by atoms with E-state index < -0.39 is 10.0 Å². The summed E-state index contributed by atoms with van der Waals surface area (Å²) in [6, 6.07) is 0.504. The van der Waals surface area contributed by atoms with Gasteiger partial charge < -0.3 is 5.32 Å². The second-order valence-corrected chi connectivity index (χ2v) is 7.64. The zero-order valence-corrected chi connectivity index (χ0v) is 13.4. The molecule has 2 aromatic rings. The number of H-pyrrole nitrogens is 1. The maximum absolute atomic E-state index is 12.5. The third-order valence-electron chi connectivity index (χ3n) is 3.28. The zero-order valence-electron chi connectivity index (χ0n) is 11.8. The highest BCUT2D eigenvalue weighted by molar-refractivity contribution is 7.92. The monoisotopic (exact) mass is 327 g/mol. The highest BCUT2D eigenvalue weighted by Gasteiger charge is 2.27. The predicted molar refractivity (Wildman–Crippen MR) is 80.8 cm³/mol. The first kappa shape index (κ1) is 14.5. The van der Waals surface area contributed by atoms with E-state index in [0.717, 1.165) is 24.2 Å². The summed E-state index contributed by atoms with van der Waals surface area (Å²) in [5.41, 5.74) is 2.23. The van der Waals surface area contributed by atoms with Crippen molar-refractivity contribution in [1.82, 2.24) is 20.5 Å². The first-order valence-corrected chi connectivity index (χ1v) is 9.04. The van der Waals surface area contributed by atoms with Gasteiger partial charge >= 0.3 is 0 Å². The molecule has 1 saturated carbocycles. The summed E-state index contributed by atoms with van der Waals surface area (Å²) < 4.78 is 27.4. The maximum Gasteiger partial charge on any atom is 0.283 e. The van der Waals surface area contributed by atoms with Crippen molar-refractivity contribution in [2.75, 3.05) is 4.72 Å². The largest absolute Gasteiger partial charge is 0.310 e. The molecule has 0 radical (unpaired) electrons. The van der Waals surface area contributed by atoms with Gasteiger partial charge in [0.05, 0.1) is 5.69 Å². The van der Waals surface area contributed by atoms with Crippen molar-refractivity contribution < 1.29 is 8.42 Å². The van der Waals surface area contributed by atoms with Gasteiger partial charge in [-0.15, -0.1) is 11.3 Å². The molecule has 2 heterocycles. The molecule has 114 valence electrons. The van der Waals surface area contributed by atoms with E-state index >= 15 is 0 Å². The first-order chi connectivity index (χ1) is 9.95. The summed E-state index contributed by atoms with van der Waals surface area (Å²) in [5.74, 6) is 0. The van der Waals surface area contributed by atoms with E-state index in [1.54, 1.807) is 5.38 Å². The highest BCUT2D eigenvalue weighted by Crippen LogP contribution is 2.24. The maximum atomic E-state index is 12.5. The number of nitrogens with one attached hydrogen (secondary N) is 3. The molecule has 3 N–H and O–H groups in total. The number of sulfonamides is 1. The quantitative estimate of drug-likeness (QED) is 0.747. The number of rotatable bonds is 6. The minimum absolute atomic E-state index is 0.0426. The summed E-state index contributed by atoms with van der Waals surface area (Å²) in [6.45, 7) is 4.14. The molecule has 21 heavy (non-hydrogen) atoms. The molecule has 0 bridgehead atoms.